The van der Waals surface area contributed by atoms with Gasteiger partial charge < -0.3 is 81.1 Å². The van der Waals surface area contributed by atoms with Gasteiger partial charge in [0.25, 0.3) is 47.3 Å². The molecule has 8 amide bonds. The molecule has 0 radical (unpaired) electrons. The maximum absolute atomic E-state index is 15.0. The lowest BCUT2D eigenvalue weighted by molar-refractivity contribution is 0.100. The van der Waals surface area contributed by atoms with Crippen LogP contribution in [-0.4, -0.2) is 179 Å². The average molecular weight is 2020 g/mol. The van der Waals surface area contributed by atoms with E-state index in [2.05, 4.69) is 47.5 Å². The van der Waals surface area contributed by atoms with E-state index in [-0.39, 0.29) is 106 Å². The zero-order valence-electron chi connectivity index (χ0n) is 76.1. The van der Waals surface area contributed by atoms with Crippen LogP contribution in [0.4, 0.5) is 63.1 Å². The Bertz CT molecular complexity index is 6760. The predicted molar refractivity (Wildman–Crippen MR) is 541 cm³/mol. The fourth-order valence-electron chi connectivity index (χ4n) is 14.6. The number of hydrogen-bond donors (Lipinski definition) is 11. The van der Waals surface area contributed by atoms with Crippen molar-refractivity contribution in [3.8, 4) is 23.0 Å². The zero-order valence-corrected chi connectivity index (χ0v) is 80.7. The highest BCUT2D eigenvalue weighted by molar-refractivity contribution is 6.34. The Morgan fingerprint density at radius 2 is 0.643 bits per heavy atom. The second kappa shape index (κ2) is 48.3. The fourth-order valence-corrected chi connectivity index (χ4v) is 15.5. The number of amides is 8. The van der Waals surface area contributed by atoms with Gasteiger partial charge >= 0.3 is 0 Å². The molecule has 2 saturated heterocycles. The van der Waals surface area contributed by atoms with Gasteiger partial charge in [-0.05, 0) is 226 Å². The predicted octanol–water partition coefficient (Wildman–Crippen LogP) is 22.1. The van der Waals surface area contributed by atoms with Crippen molar-refractivity contribution in [3.05, 3.63) is 351 Å². The Hall–Kier alpha value is -15.1. The first-order valence-corrected chi connectivity index (χ1v) is 45.4. The van der Waals surface area contributed by atoms with Crippen LogP contribution >= 0.6 is 69.6 Å². The van der Waals surface area contributed by atoms with Crippen LogP contribution in [0.1, 0.15) is 137 Å². The van der Waals surface area contributed by atoms with E-state index in [0.29, 0.717) is 89.0 Å². The molecule has 0 atom stereocenters. The molecule has 2 fully saturated rings. The number of halogens is 10. The summed E-state index contributed by atoms with van der Waals surface area (Å²) < 4.78 is 80.6. The lowest BCUT2D eigenvalue weighted by Gasteiger charge is -2.29. The molecular weight excluding hydrogens is 1930 g/mol. The molecule has 0 unspecified atom stereocenters. The molecule has 12 aromatic rings. The average Bonchev–Trinajstić information content (AvgIpc) is 1.53. The van der Waals surface area contributed by atoms with Gasteiger partial charge in [-0.15, -0.1) is 0 Å². The number of benzene rings is 12. The molecule has 38 heteroatoms. The first kappa shape index (κ1) is 104. The highest BCUT2D eigenvalue weighted by Gasteiger charge is 2.30. The molecule has 0 bridgehead atoms. The fraction of sp³-hybridized carbons (Fsp3) is 0.176. The number of hydrogen-bond acceptors (Lipinski definition) is 17. The number of methoxy groups -OCH3 is 4. The van der Waals surface area contributed by atoms with Crippen LogP contribution in [-0.2, 0) is 0 Å². The van der Waals surface area contributed by atoms with Crippen molar-refractivity contribution in [2.75, 3.05) is 131 Å². The number of likely N-dealkylation sites (N-methyl/N-ethyl adjacent to an activating group) is 1. The van der Waals surface area contributed by atoms with Gasteiger partial charge in [0.15, 0.2) is 0 Å². The summed E-state index contributed by atoms with van der Waals surface area (Å²) >= 11 is 35.9. The third-order valence-corrected chi connectivity index (χ3v) is 23.4. The number of piperidine rings is 1. The SMILES string of the molecule is COc1cc(Cl)cc(C(=O)Nc2ccc(Cl)cc2)c1NC(=O)c1ccc(C(=N)N2CCCC2)cc1F.COc1cc(Cl)cc(C(=O)Nc2ccc(Cl)cc2)c1NC(=O)c1ccc(C(=N)N2CCCCC2)cc1F.COc1ccc(NC(=O)c2ccc(C(=N)N(C)C)cc2F)c(C(=O)Nc2ccc(Cl)cc2)c1.COc1ccc(NC(=O)c2ccc(C3=NCCN3C)cc2F)c(C(=O)Nc2ccc(Cl)cc2)c1. The molecule has 0 aromatic heterocycles. The molecule has 12 aromatic carbocycles. The van der Waals surface area contributed by atoms with E-state index in [1.807, 2.05) is 21.7 Å². The minimum atomic E-state index is -0.784. The van der Waals surface area contributed by atoms with E-state index in [4.69, 9.17) is 105 Å². The number of nitrogens with zero attached hydrogens (tertiary/aromatic N) is 5. The van der Waals surface area contributed by atoms with Gasteiger partial charge in [0, 0.05) is 141 Å². The Morgan fingerprint density at radius 1 is 0.329 bits per heavy atom. The highest BCUT2D eigenvalue weighted by Crippen LogP contribution is 2.38. The number of ether oxygens (including phenoxy) is 4. The van der Waals surface area contributed by atoms with Crippen LogP contribution in [0.2, 0.25) is 30.1 Å². The van der Waals surface area contributed by atoms with Crippen molar-refractivity contribution in [2.45, 2.75) is 32.1 Å². The quantitative estimate of drug-likeness (QED) is 0.0152. The number of anilines is 8. The van der Waals surface area contributed by atoms with Crippen molar-refractivity contribution in [2.24, 2.45) is 4.99 Å². The summed E-state index contributed by atoms with van der Waals surface area (Å²) in [6.07, 6.45) is 5.07. The number of carbonyl (C=O) groups excluding carboxylic acids is 8. The van der Waals surface area contributed by atoms with Gasteiger partial charge in [-0.25, -0.2) is 17.6 Å². The van der Waals surface area contributed by atoms with Crippen LogP contribution in [0.3, 0.4) is 0 Å². The Morgan fingerprint density at radius 3 is 0.964 bits per heavy atom. The van der Waals surface area contributed by atoms with Crippen LogP contribution in [0.5, 0.6) is 23.0 Å². The summed E-state index contributed by atoms with van der Waals surface area (Å²) in [6, 6.07) is 57.3. The number of carbonyl (C=O) groups is 8. The third-order valence-electron chi connectivity index (χ3n) is 21.9. The van der Waals surface area contributed by atoms with E-state index < -0.39 is 70.5 Å². The molecule has 722 valence electrons. The van der Waals surface area contributed by atoms with Gasteiger partial charge in [0.1, 0.15) is 69.6 Å². The number of nitrogens with one attached hydrogen (secondary N) is 11. The summed E-state index contributed by atoms with van der Waals surface area (Å²) in [4.78, 5) is 115. The maximum Gasteiger partial charge on any atom is 0.258 e. The van der Waals surface area contributed by atoms with Crippen molar-refractivity contribution in [3.63, 3.8) is 0 Å². The normalized spacial score (nSPS) is 12.3. The summed E-state index contributed by atoms with van der Waals surface area (Å²) in [5.74, 6) is -5.78. The van der Waals surface area contributed by atoms with Gasteiger partial charge in [-0.3, -0.25) is 59.6 Å². The minimum absolute atomic E-state index is 0.0236. The molecule has 0 spiro atoms. The lowest BCUT2D eigenvalue weighted by atomic mass is 10.1. The molecule has 3 heterocycles. The second-order valence-corrected chi connectivity index (χ2v) is 34.3. The highest BCUT2D eigenvalue weighted by atomic mass is 35.5. The van der Waals surface area contributed by atoms with Crippen LogP contribution in [0.15, 0.2) is 236 Å². The molecular formula is C102H92Cl6F4N16O12. The Kier molecular flexibility index (Phi) is 35.8. The number of amidine groups is 4. The largest absolute Gasteiger partial charge is 0.497 e. The summed E-state index contributed by atoms with van der Waals surface area (Å²) in [5.41, 5.74) is 3.63. The van der Waals surface area contributed by atoms with E-state index in [9.17, 15) is 51.5 Å². The lowest BCUT2D eigenvalue weighted by Crippen LogP contribution is -2.35. The topological polar surface area (TPSA) is 367 Å². The first-order valence-electron chi connectivity index (χ1n) is 43.1. The third kappa shape index (κ3) is 27.1. The molecule has 15 rings (SSSR count). The molecule has 28 nitrogen and oxygen atoms in total. The van der Waals surface area contributed by atoms with Crippen molar-refractivity contribution < 1.29 is 74.9 Å². The zero-order chi connectivity index (χ0) is 101. The molecule has 0 saturated carbocycles. The van der Waals surface area contributed by atoms with Crippen LogP contribution in [0, 0.1) is 39.5 Å². The maximum atomic E-state index is 15.0. The van der Waals surface area contributed by atoms with E-state index in [1.165, 1.54) is 136 Å². The molecule has 3 aliphatic heterocycles. The number of rotatable bonds is 24. The summed E-state index contributed by atoms with van der Waals surface area (Å²) in [5, 5.41) is 48.5. The molecule has 140 heavy (non-hydrogen) atoms. The second-order valence-electron chi connectivity index (χ2n) is 31.6. The number of likely N-dealkylation sites (tertiary alicyclic amines) is 2. The van der Waals surface area contributed by atoms with Crippen LogP contribution in [0.25, 0.3) is 0 Å². The van der Waals surface area contributed by atoms with E-state index in [1.54, 1.807) is 135 Å². The number of aliphatic imine (C=N–C) groups is 1. The first-order chi connectivity index (χ1) is 67.1. The van der Waals surface area contributed by atoms with Gasteiger partial charge in [-0.1, -0.05) is 93.9 Å². The molecule has 0 aliphatic carbocycles. The standard InChI is InChI=1S/C27H25Cl2FN4O3.C26H23Cl2FN4O3.C25H22ClFN4O3.C24H22ClFN4O3/c1-37-23-15-18(29)14-21(27(36)32-19-8-6-17(28)7-9-19)24(23)33-26(35)20-10-5-16(13-22(20)30)25(31)34-11-3-2-4-12-34;1-36-22-14-17(28)13-20(26(35)31-18-7-5-16(27)6-8-18)23(22)32-25(34)19-9-4-15(12-21(19)29)24(30)33-10-2-3-11-33;1-31-12-11-28-23(31)15-3-9-19(21(27)13-15)24(32)30-22-10-8-18(34-2)14-20(22)25(33)29-17-6-4-16(26)5-7-17;1-30(2)22(27)14-4-10-18(20(26)12-14)23(31)29-21-11-9-17(33-3)13-19(21)24(32)28-16-7-5-15(25)6-8-16/h5-10,13-15,31H,2-4,11-12H2,1H3,(H,32,36)(H,33,35);4-9,12-14,30H,2-3,10-11H2,1H3,(H,31,35)(H,32,34);3-10,13-14H,11-12H2,1-2H3,(H,29,33)(H,30,32);4-13,27H,1-3H3,(H,28,32)(H,29,31). The monoisotopic (exact) mass is 2020 g/mol. The van der Waals surface area contributed by atoms with Crippen molar-refractivity contribution >= 4 is 186 Å². The summed E-state index contributed by atoms with van der Waals surface area (Å²) in [7, 11) is 10.9. The van der Waals surface area contributed by atoms with Gasteiger partial charge in [0.05, 0.1) is 102 Å². The summed E-state index contributed by atoms with van der Waals surface area (Å²) in [6.45, 7) is 4.41. The minimum Gasteiger partial charge on any atom is -0.497 e. The smallest absolute Gasteiger partial charge is 0.258 e. The van der Waals surface area contributed by atoms with E-state index in [0.717, 1.165) is 70.9 Å². The van der Waals surface area contributed by atoms with Crippen molar-refractivity contribution in [1.29, 1.82) is 16.2 Å². The Balaban J connectivity index is 0.000000167. The molecule has 11 N–H and O–H groups in total. The van der Waals surface area contributed by atoms with Gasteiger partial charge in [-0.2, -0.15) is 0 Å². The van der Waals surface area contributed by atoms with Crippen LogP contribution < -0.4 is 61.5 Å². The van der Waals surface area contributed by atoms with Gasteiger partial charge in [0.2, 0.25) is 0 Å². The van der Waals surface area contributed by atoms with E-state index >= 15 is 4.39 Å². The Labute approximate surface area is 833 Å². The van der Waals surface area contributed by atoms with Crippen molar-refractivity contribution in [1.82, 2.24) is 19.6 Å². The molecule has 3 aliphatic rings.